The number of methoxy groups -OCH3 is 4. The lowest BCUT2D eigenvalue weighted by molar-refractivity contribution is -0.137. The van der Waals surface area contributed by atoms with E-state index in [9.17, 15) is 4.79 Å². The highest BCUT2D eigenvalue weighted by atomic mass is 28.4. The van der Waals surface area contributed by atoms with Gasteiger partial charge in [0.15, 0.2) is 19.8 Å². The number of amides is 1. The highest BCUT2D eigenvalue weighted by molar-refractivity contribution is 6.74. The van der Waals surface area contributed by atoms with Crippen molar-refractivity contribution in [1.82, 2.24) is 4.90 Å². The lowest BCUT2D eigenvalue weighted by atomic mass is 9.77. The van der Waals surface area contributed by atoms with Gasteiger partial charge in [0, 0.05) is 19.7 Å². The first-order valence-corrected chi connectivity index (χ1v) is 16.2. The van der Waals surface area contributed by atoms with Crippen LogP contribution in [-0.4, -0.2) is 60.7 Å². The average molecular weight is 544 g/mol. The minimum Gasteiger partial charge on any atom is -0.497 e. The van der Waals surface area contributed by atoms with Crippen LogP contribution in [0.5, 0.6) is 23.0 Å². The molecule has 1 fully saturated rings. The van der Waals surface area contributed by atoms with Gasteiger partial charge < -0.3 is 28.3 Å². The smallest absolute Gasteiger partial charge is 0.229 e. The summed E-state index contributed by atoms with van der Waals surface area (Å²) < 4.78 is 28.4. The Morgan fingerprint density at radius 1 is 0.895 bits per heavy atom. The Labute approximate surface area is 229 Å². The molecule has 2 aromatic rings. The predicted octanol–water partition coefficient (Wildman–Crippen LogP) is 6.09. The molecule has 0 aromatic heterocycles. The summed E-state index contributed by atoms with van der Waals surface area (Å²) in [6.45, 7) is 13.0. The van der Waals surface area contributed by atoms with Crippen molar-refractivity contribution >= 4 is 14.2 Å². The molecule has 7 nitrogen and oxygen atoms in total. The Hall–Kier alpha value is -2.71. The number of likely N-dealkylation sites (tertiary alicyclic amines) is 1. The Bertz CT molecular complexity index is 1070. The van der Waals surface area contributed by atoms with E-state index in [2.05, 4.69) is 46.0 Å². The van der Waals surface area contributed by atoms with E-state index in [0.29, 0.717) is 49.8 Å². The summed E-state index contributed by atoms with van der Waals surface area (Å²) in [5, 5.41) is 0.119. The van der Waals surface area contributed by atoms with E-state index in [1.54, 1.807) is 28.4 Å². The standard InChI is InChI=1S/C30H45NO6Si/c1-29(2,3)38(8,9)37-17-15-30(20-22-10-12-24(33-4)13-11-22)14-16-31(28(30)32)21-23-18-25(34-5)27(36-7)26(19-23)35-6/h10-13,18-19H,14-17,20-21H2,1-9H3. The summed E-state index contributed by atoms with van der Waals surface area (Å²) in [5.74, 6) is 2.69. The van der Waals surface area contributed by atoms with Gasteiger partial charge >= 0.3 is 0 Å². The molecule has 0 bridgehead atoms. The molecule has 1 aliphatic heterocycles. The molecule has 1 saturated heterocycles. The molecular weight excluding hydrogens is 498 g/mol. The van der Waals surface area contributed by atoms with Gasteiger partial charge in [-0.15, -0.1) is 0 Å². The largest absolute Gasteiger partial charge is 0.497 e. The minimum absolute atomic E-state index is 0.119. The Morgan fingerprint density at radius 2 is 1.50 bits per heavy atom. The monoisotopic (exact) mass is 543 g/mol. The van der Waals surface area contributed by atoms with Crippen molar-refractivity contribution < 1.29 is 28.2 Å². The second-order valence-corrected chi connectivity index (χ2v) is 16.5. The van der Waals surface area contributed by atoms with Gasteiger partial charge in [0.1, 0.15) is 5.75 Å². The van der Waals surface area contributed by atoms with Gasteiger partial charge in [-0.25, -0.2) is 0 Å². The zero-order valence-electron chi connectivity index (χ0n) is 24.6. The van der Waals surface area contributed by atoms with Crippen LogP contribution in [-0.2, 0) is 22.2 Å². The SMILES string of the molecule is COc1ccc(CC2(CCO[Si](C)(C)C(C)(C)C)CCN(Cc3cc(OC)c(OC)c(OC)c3)C2=O)cc1. The topological polar surface area (TPSA) is 66.5 Å². The summed E-state index contributed by atoms with van der Waals surface area (Å²) in [7, 11) is 4.53. The Morgan fingerprint density at radius 3 is 2.00 bits per heavy atom. The van der Waals surface area contributed by atoms with E-state index in [0.717, 1.165) is 23.3 Å². The van der Waals surface area contributed by atoms with Crippen LogP contribution in [0.15, 0.2) is 36.4 Å². The van der Waals surface area contributed by atoms with Gasteiger partial charge in [-0.1, -0.05) is 32.9 Å². The Balaban J connectivity index is 1.86. The van der Waals surface area contributed by atoms with Gasteiger partial charge in [0.2, 0.25) is 11.7 Å². The molecule has 0 saturated carbocycles. The van der Waals surface area contributed by atoms with Crippen LogP contribution in [0.2, 0.25) is 18.1 Å². The number of hydrogen-bond donors (Lipinski definition) is 0. The van der Waals surface area contributed by atoms with Gasteiger partial charge in [0.25, 0.3) is 0 Å². The molecule has 1 aliphatic rings. The van der Waals surface area contributed by atoms with E-state index in [1.165, 1.54) is 0 Å². The van der Waals surface area contributed by atoms with Crippen molar-refractivity contribution in [3.8, 4) is 23.0 Å². The second-order valence-electron chi connectivity index (χ2n) is 11.7. The normalized spacial score (nSPS) is 18.0. The van der Waals surface area contributed by atoms with Crippen LogP contribution in [0.25, 0.3) is 0 Å². The zero-order chi connectivity index (χ0) is 28.1. The number of benzene rings is 2. The summed E-state index contributed by atoms with van der Waals surface area (Å²) >= 11 is 0. The van der Waals surface area contributed by atoms with E-state index >= 15 is 0 Å². The molecule has 38 heavy (non-hydrogen) atoms. The number of carbonyl (C=O) groups is 1. The maximum Gasteiger partial charge on any atom is 0.229 e. The lowest BCUT2D eigenvalue weighted by Crippen LogP contribution is -2.43. The maximum absolute atomic E-state index is 14.1. The molecule has 0 aliphatic carbocycles. The van der Waals surface area contributed by atoms with Crippen molar-refractivity contribution in [2.75, 3.05) is 41.6 Å². The van der Waals surface area contributed by atoms with Crippen molar-refractivity contribution in [2.45, 2.75) is 64.7 Å². The summed E-state index contributed by atoms with van der Waals surface area (Å²) in [6, 6.07) is 11.9. The van der Waals surface area contributed by atoms with Gasteiger partial charge in [-0.3, -0.25) is 4.79 Å². The molecule has 3 rings (SSSR count). The fourth-order valence-electron chi connectivity index (χ4n) is 4.83. The van der Waals surface area contributed by atoms with E-state index in [-0.39, 0.29) is 10.9 Å². The van der Waals surface area contributed by atoms with E-state index in [4.69, 9.17) is 23.4 Å². The third kappa shape index (κ3) is 6.46. The van der Waals surface area contributed by atoms with Crippen LogP contribution in [0, 0.1) is 5.41 Å². The molecule has 0 radical (unpaired) electrons. The van der Waals surface area contributed by atoms with Gasteiger partial charge in [-0.05, 0) is 72.8 Å². The third-order valence-electron chi connectivity index (χ3n) is 8.25. The number of hydrogen-bond acceptors (Lipinski definition) is 6. The first kappa shape index (κ1) is 29.8. The fraction of sp³-hybridized carbons (Fsp3) is 0.567. The van der Waals surface area contributed by atoms with E-state index in [1.807, 2.05) is 29.2 Å². The fourth-order valence-corrected chi connectivity index (χ4v) is 5.87. The molecule has 210 valence electrons. The molecule has 0 N–H and O–H groups in total. The second kappa shape index (κ2) is 12.0. The van der Waals surface area contributed by atoms with Crippen LogP contribution < -0.4 is 18.9 Å². The molecule has 1 unspecified atom stereocenters. The predicted molar refractivity (Wildman–Crippen MR) is 153 cm³/mol. The maximum atomic E-state index is 14.1. The Kier molecular flexibility index (Phi) is 9.42. The molecule has 2 aromatic carbocycles. The molecule has 0 spiro atoms. The quantitative estimate of drug-likeness (QED) is 0.302. The summed E-state index contributed by atoms with van der Waals surface area (Å²) in [5.41, 5.74) is 1.55. The first-order chi connectivity index (χ1) is 17.9. The lowest BCUT2D eigenvalue weighted by Gasteiger charge is -2.37. The summed E-state index contributed by atoms with van der Waals surface area (Å²) in [4.78, 5) is 16.1. The van der Waals surface area contributed by atoms with Crippen LogP contribution in [0.3, 0.4) is 0 Å². The van der Waals surface area contributed by atoms with Crippen molar-refractivity contribution in [3.63, 3.8) is 0 Å². The molecule has 1 atom stereocenters. The first-order valence-electron chi connectivity index (χ1n) is 13.2. The average Bonchev–Trinajstić information content (AvgIpc) is 3.17. The van der Waals surface area contributed by atoms with Crippen molar-refractivity contribution in [1.29, 1.82) is 0 Å². The van der Waals surface area contributed by atoms with Gasteiger partial charge in [0.05, 0.1) is 33.9 Å². The zero-order valence-corrected chi connectivity index (χ0v) is 25.6. The third-order valence-corrected chi connectivity index (χ3v) is 12.8. The minimum atomic E-state index is -1.93. The van der Waals surface area contributed by atoms with Crippen molar-refractivity contribution in [2.24, 2.45) is 5.41 Å². The van der Waals surface area contributed by atoms with Crippen LogP contribution in [0.1, 0.15) is 44.7 Å². The van der Waals surface area contributed by atoms with E-state index < -0.39 is 13.7 Å². The number of rotatable bonds is 12. The molecule has 1 amide bonds. The van der Waals surface area contributed by atoms with Crippen LogP contribution >= 0.6 is 0 Å². The molecule has 1 heterocycles. The summed E-state index contributed by atoms with van der Waals surface area (Å²) in [6.07, 6.45) is 2.14. The highest BCUT2D eigenvalue weighted by Crippen LogP contribution is 2.43. The molecule has 8 heteroatoms. The van der Waals surface area contributed by atoms with Crippen molar-refractivity contribution in [3.05, 3.63) is 47.5 Å². The number of carbonyl (C=O) groups excluding carboxylic acids is 1. The number of nitrogens with zero attached hydrogens (tertiary/aromatic N) is 1. The van der Waals surface area contributed by atoms with Crippen LogP contribution in [0.4, 0.5) is 0 Å². The van der Waals surface area contributed by atoms with Gasteiger partial charge in [-0.2, -0.15) is 0 Å². The number of ether oxygens (including phenoxy) is 4. The highest BCUT2D eigenvalue weighted by Gasteiger charge is 2.47. The molecular formula is C30H45NO6Si.